The van der Waals surface area contributed by atoms with Crippen LogP contribution < -0.4 is 11.1 Å². The Kier molecular flexibility index (Phi) is 4.72. The number of halogens is 1. The first kappa shape index (κ1) is 12.4. The average molecular weight is 241 g/mol. The second-order valence-corrected chi connectivity index (χ2v) is 3.52. The molecule has 0 saturated heterocycles. The lowest BCUT2D eigenvalue weighted by molar-refractivity contribution is -0.118. The molecule has 0 aromatic carbocycles. The third kappa shape index (κ3) is 4.27. The van der Waals surface area contributed by atoms with E-state index in [1.165, 1.54) is 13.1 Å². The van der Waals surface area contributed by atoms with Crippen molar-refractivity contribution in [2.75, 3.05) is 12.3 Å². The normalized spacial score (nSPS) is 10.6. The van der Waals surface area contributed by atoms with Crippen molar-refractivity contribution in [1.29, 1.82) is 0 Å². The summed E-state index contributed by atoms with van der Waals surface area (Å²) in [6.07, 6.45) is 5.68. The number of carbonyl (C=O) groups is 1. The van der Waals surface area contributed by atoms with Gasteiger partial charge in [-0.3, -0.25) is 4.79 Å². The van der Waals surface area contributed by atoms with Gasteiger partial charge in [0.05, 0.1) is 6.20 Å². The number of anilines is 1. The maximum atomic E-state index is 10.6. The van der Waals surface area contributed by atoms with Crippen molar-refractivity contribution in [3.63, 3.8) is 0 Å². The van der Waals surface area contributed by atoms with Crippen molar-refractivity contribution in [3.05, 3.63) is 23.1 Å². The molecule has 0 aliphatic carbocycles. The van der Waals surface area contributed by atoms with Crippen LogP contribution in [-0.2, 0) is 4.79 Å². The first-order valence-electron chi connectivity index (χ1n) is 4.78. The highest BCUT2D eigenvalue weighted by Crippen LogP contribution is 2.11. The average Bonchev–Trinajstić information content (AvgIpc) is 2.22. The fourth-order valence-corrected chi connectivity index (χ4v) is 1.18. The van der Waals surface area contributed by atoms with Crippen LogP contribution in [0.3, 0.4) is 0 Å². The molecule has 0 fully saturated rings. The Hall–Kier alpha value is -1.62. The summed E-state index contributed by atoms with van der Waals surface area (Å²) >= 11 is 5.68. The second kappa shape index (κ2) is 6.07. The third-order valence-corrected chi connectivity index (χ3v) is 1.94. The summed E-state index contributed by atoms with van der Waals surface area (Å²) in [5.41, 5.74) is 6.14. The number of nitrogens with zero attached hydrogens (tertiary/aromatic N) is 2. The maximum Gasteiger partial charge on any atom is 0.216 e. The molecule has 5 nitrogen and oxygen atoms in total. The smallest absolute Gasteiger partial charge is 0.216 e. The Morgan fingerprint density at radius 1 is 1.69 bits per heavy atom. The summed E-state index contributed by atoms with van der Waals surface area (Å²) in [5, 5.41) is 2.98. The van der Waals surface area contributed by atoms with Gasteiger partial charge in [0, 0.05) is 13.5 Å². The number of aromatic nitrogens is 2. The van der Waals surface area contributed by atoms with Crippen LogP contribution in [0.15, 0.2) is 12.3 Å². The maximum absolute atomic E-state index is 10.6. The van der Waals surface area contributed by atoms with Crippen molar-refractivity contribution in [1.82, 2.24) is 15.3 Å². The molecule has 0 radical (unpaired) electrons. The molecule has 1 rings (SSSR count). The molecule has 3 N–H and O–H groups in total. The number of hydrogen-bond donors (Lipinski definition) is 2. The summed E-state index contributed by atoms with van der Waals surface area (Å²) in [4.78, 5) is 18.5. The van der Waals surface area contributed by atoms with E-state index in [1.54, 1.807) is 6.08 Å². The van der Waals surface area contributed by atoms with Crippen molar-refractivity contribution < 1.29 is 4.79 Å². The SMILES string of the molecule is CC(=O)NCCC=Cc1nc(Cl)cnc1N. The first-order valence-corrected chi connectivity index (χ1v) is 5.16. The van der Waals surface area contributed by atoms with Gasteiger partial charge in [-0.15, -0.1) is 0 Å². The van der Waals surface area contributed by atoms with E-state index in [9.17, 15) is 4.79 Å². The van der Waals surface area contributed by atoms with E-state index >= 15 is 0 Å². The van der Waals surface area contributed by atoms with Crippen LogP contribution >= 0.6 is 11.6 Å². The molecule has 1 heterocycles. The molecule has 0 saturated carbocycles. The lowest BCUT2D eigenvalue weighted by Gasteiger charge is -1.99. The van der Waals surface area contributed by atoms with Crippen molar-refractivity contribution in [2.45, 2.75) is 13.3 Å². The van der Waals surface area contributed by atoms with Crippen LogP contribution in [0.5, 0.6) is 0 Å². The lowest BCUT2D eigenvalue weighted by atomic mass is 10.3. The van der Waals surface area contributed by atoms with Gasteiger partial charge in [0.25, 0.3) is 0 Å². The fraction of sp³-hybridized carbons (Fsp3) is 0.300. The minimum absolute atomic E-state index is 0.0459. The molecule has 1 aromatic heterocycles. The predicted octanol–water partition coefficient (Wildman–Crippen LogP) is 1.25. The van der Waals surface area contributed by atoms with E-state index in [2.05, 4.69) is 15.3 Å². The van der Waals surface area contributed by atoms with Gasteiger partial charge in [-0.25, -0.2) is 9.97 Å². The van der Waals surface area contributed by atoms with Crippen LogP contribution in [0, 0.1) is 0 Å². The van der Waals surface area contributed by atoms with Gasteiger partial charge in [0.2, 0.25) is 5.91 Å². The number of carbonyl (C=O) groups excluding carboxylic acids is 1. The molecular formula is C10H13ClN4O. The zero-order valence-corrected chi connectivity index (χ0v) is 9.66. The topological polar surface area (TPSA) is 80.9 Å². The molecule has 0 spiro atoms. The molecule has 0 unspecified atom stereocenters. The molecule has 86 valence electrons. The lowest BCUT2D eigenvalue weighted by Crippen LogP contribution is -2.20. The summed E-state index contributed by atoms with van der Waals surface area (Å²) in [6.45, 7) is 2.06. The van der Waals surface area contributed by atoms with E-state index in [0.29, 0.717) is 29.6 Å². The highest BCUT2D eigenvalue weighted by molar-refractivity contribution is 6.29. The summed E-state index contributed by atoms with van der Waals surface area (Å²) in [6, 6.07) is 0. The van der Waals surface area contributed by atoms with Gasteiger partial charge >= 0.3 is 0 Å². The molecule has 0 aliphatic rings. The largest absolute Gasteiger partial charge is 0.382 e. The third-order valence-electron chi connectivity index (χ3n) is 1.76. The summed E-state index contributed by atoms with van der Waals surface area (Å²) < 4.78 is 0. The van der Waals surface area contributed by atoms with Gasteiger partial charge in [0.1, 0.15) is 16.7 Å². The minimum Gasteiger partial charge on any atom is -0.382 e. The molecule has 0 atom stereocenters. The number of nitrogens with two attached hydrogens (primary N) is 1. The van der Waals surface area contributed by atoms with Crippen LogP contribution in [0.25, 0.3) is 6.08 Å². The van der Waals surface area contributed by atoms with E-state index in [4.69, 9.17) is 17.3 Å². The highest BCUT2D eigenvalue weighted by Gasteiger charge is 1.98. The van der Waals surface area contributed by atoms with Crippen molar-refractivity contribution in [3.8, 4) is 0 Å². The van der Waals surface area contributed by atoms with Crippen LogP contribution in [0.4, 0.5) is 5.82 Å². The molecular weight excluding hydrogens is 228 g/mol. The Morgan fingerprint density at radius 3 is 3.12 bits per heavy atom. The Labute approximate surface area is 98.7 Å². The Morgan fingerprint density at radius 2 is 2.44 bits per heavy atom. The molecule has 1 amide bonds. The molecule has 1 aromatic rings. The molecule has 16 heavy (non-hydrogen) atoms. The van der Waals surface area contributed by atoms with Gasteiger partial charge in [-0.05, 0) is 12.5 Å². The van der Waals surface area contributed by atoms with Crippen LogP contribution in [0.1, 0.15) is 19.0 Å². The van der Waals surface area contributed by atoms with Gasteiger partial charge < -0.3 is 11.1 Å². The Balaban J connectivity index is 2.49. The highest BCUT2D eigenvalue weighted by atomic mass is 35.5. The number of amides is 1. The van der Waals surface area contributed by atoms with Crippen LogP contribution in [-0.4, -0.2) is 22.4 Å². The summed E-state index contributed by atoms with van der Waals surface area (Å²) in [5.74, 6) is 0.288. The second-order valence-electron chi connectivity index (χ2n) is 3.14. The number of nitrogens with one attached hydrogen (secondary N) is 1. The van der Waals surface area contributed by atoms with E-state index in [1.807, 2.05) is 6.08 Å². The van der Waals surface area contributed by atoms with Gasteiger partial charge in [0.15, 0.2) is 0 Å². The minimum atomic E-state index is -0.0459. The quantitative estimate of drug-likeness (QED) is 0.777. The molecule has 0 aliphatic heterocycles. The Bertz CT molecular complexity index is 406. The monoisotopic (exact) mass is 240 g/mol. The molecule has 6 heteroatoms. The van der Waals surface area contributed by atoms with Crippen molar-refractivity contribution >= 4 is 29.4 Å². The first-order chi connectivity index (χ1) is 7.59. The number of nitrogen functional groups attached to an aromatic ring is 1. The van der Waals surface area contributed by atoms with E-state index in [-0.39, 0.29) is 5.91 Å². The zero-order valence-electron chi connectivity index (χ0n) is 8.90. The standard InChI is InChI=1S/C10H13ClN4O/c1-7(16)13-5-3-2-4-8-10(12)14-6-9(11)15-8/h2,4,6H,3,5H2,1H3,(H2,12,14)(H,13,16). The number of hydrogen-bond acceptors (Lipinski definition) is 4. The van der Waals surface area contributed by atoms with Gasteiger partial charge in [-0.1, -0.05) is 17.7 Å². The van der Waals surface area contributed by atoms with Crippen molar-refractivity contribution in [2.24, 2.45) is 0 Å². The zero-order chi connectivity index (χ0) is 12.0. The molecule has 0 bridgehead atoms. The summed E-state index contributed by atoms with van der Waals surface area (Å²) in [7, 11) is 0. The van der Waals surface area contributed by atoms with Gasteiger partial charge in [-0.2, -0.15) is 0 Å². The predicted molar refractivity (Wildman–Crippen MR) is 63.8 cm³/mol. The fourth-order valence-electron chi connectivity index (χ4n) is 1.04. The van der Waals surface area contributed by atoms with E-state index in [0.717, 1.165) is 0 Å². The van der Waals surface area contributed by atoms with E-state index < -0.39 is 0 Å². The number of rotatable bonds is 4. The van der Waals surface area contributed by atoms with Crippen LogP contribution in [0.2, 0.25) is 5.15 Å².